The molecule has 0 fully saturated rings. The smallest absolute Gasteiger partial charge is 0.193 e. The Kier molecular flexibility index (Phi) is 5.39. The predicted molar refractivity (Wildman–Crippen MR) is 85.1 cm³/mol. The molecule has 0 amide bonds. The van der Waals surface area contributed by atoms with Gasteiger partial charge in [-0.2, -0.15) is 0 Å². The lowest BCUT2D eigenvalue weighted by Gasteiger charge is -2.16. The number of carbonyl (C=O) groups excluding carboxylic acids is 1. The normalized spacial score (nSPS) is 10.8. The van der Waals surface area contributed by atoms with Crippen molar-refractivity contribution < 1.29 is 4.79 Å². The summed E-state index contributed by atoms with van der Waals surface area (Å²) >= 11 is 1.70. The molecule has 0 N–H and O–H groups in total. The molecule has 0 aliphatic heterocycles. The molecule has 2 aromatic rings. The van der Waals surface area contributed by atoms with E-state index in [1.807, 2.05) is 54.6 Å². The van der Waals surface area contributed by atoms with Crippen LogP contribution in [0.1, 0.15) is 29.8 Å². The number of nitrogens with zero attached hydrogens (tertiary/aromatic N) is 1. The number of rotatable bonds is 6. The summed E-state index contributed by atoms with van der Waals surface area (Å²) in [7, 11) is 0. The number of benzene rings is 2. The number of ketones is 1. The third-order valence-electron chi connectivity index (χ3n) is 3.07. The van der Waals surface area contributed by atoms with Gasteiger partial charge in [-0.15, -0.1) is 0 Å². The Labute approximate surface area is 124 Å². The zero-order chi connectivity index (χ0) is 14.4. The van der Waals surface area contributed by atoms with Crippen molar-refractivity contribution in [3.8, 4) is 0 Å². The standard InChI is InChI=1S/C17H19NOS/c1-3-18(4-2)20-16-12-8-11-15(13-16)17(19)14-9-6-5-7-10-14/h5-13H,3-4H2,1-2H3. The third-order valence-corrected chi connectivity index (χ3v) is 4.31. The van der Waals surface area contributed by atoms with Crippen LogP contribution >= 0.6 is 11.9 Å². The maximum absolute atomic E-state index is 12.4. The molecule has 20 heavy (non-hydrogen) atoms. The number of carbonyl (C=O) groups is 1. The first kappa shape index (κ1) is 14.8. The molecule has 0 saturated carbocycles. The zero-order valence-corrected chi connectivity index (χ0v) is 12.7. The van der Waals surface area contributed by atoms with Crippen LogP contribution in [-0.4, -0.2) is 23.2 Å². The second kappa shape index (κ2) is 7.27. The molecular formula is C17H19NOS. The summed E-state index contributed by atoms with van der Waals surface area (Å²) in [6.07, 6.45) is 0. The molecule has 3 heteroatoms. The molecular weight excluding hydrogens is 266 g/mol. The Morgan fingerprint density at radius 1 is 0.950 bits per heavy atom. The minimum absolute atomic E-state index is 0.0765. The highest BCUT2D eigenvalue weighted by Crippen LogP contribution is 2.23. The molecule has 0 aliphatic carbocycles. The van der Waals surface area contributed by atoms with Crippen molar-refractivity contribution in [1.82, 2.24) is 4.31 Å². The second-order valence-electron chi connectivity index (χ2n) is 4.43. The summed E-state index contributed by atoms with van der Waals surface area (Å²) in [5.74, 6) is 0.0765. The monoisotopic (exact) mass is 285 g/mol. The molecule has 2 aromatic carbocycles. The summed E-state index contributed by atoms with van der Waals surface area (Å²) in [5.41, 5.74) is 1.48. The fourth-order valence-corrected chi connectivity index (χ4v) is 2.83. The minimum Gasteiger partial charge on any atom is -0.289 e. The molecule has 2 nitrogen and oxygen atoms in total. The van der Waals surface area contributed by atoms with E-state index >= 15 is 0 Å². The summed E-state index contributed by atoms with van der Waals surface area (Å²) in [5, 5.41) is 0. The van der Waals surface area contributed by atoms with Gasteiger partial charge in [0.1, 0.15) is 0 Å². The molecule has 104 valence electrons. The van der Waals surface area contributed by atoms with E-state index in [2.05, 4.69) is 18.2 Å². The average Bonchev–Trinajstić information content (AvgIpc) is 2.53. The van der Waals surface area contributed by atoms with Crippen LogP contribution in [0.15, 0.2) is 59.5 Å². The van der Waals surface area contributed by atoms with E-state index in [9.17, 15) is 4.79 Å². The first-order valence-electron chi connectivity index (χ1n) is 6.87. The molecule has 0 spiro atoms. The van der Waals surface area contributed by atoms with Gasteiger partial charge in [0.15, 0.2) is 5.78 Å². The fraction of sp³-hybridized carbons (Fsp3) is 0.235. The van der Waals surface area contributed by atoms with Crippen molar-refractivity contribution in [1.29, 1.82) is 0 Å². The quantitative estimate of drug-likeness (QED) is 0.584. The van der Waals surface area contributed by atoms with Crippen molar-refractivity contribution >= 4 is 17.7 Å². The highest BCUT2D eigenvalue weighted by atomic mass is 32.2. The highest BCUT2D eigenvalue weighted by molar-refractivity contribution is 7.97. The van der Waals surface area contributed by atoms with Gasteiger partial charge in [-0.1, -0.05) is 56.3 Å². The van der Waals surface area contributed by atoms with E-state index < -0.39 is 0 Å². The number of hydrogen-bond acceptors (Lipinski definition) is 3. The Bertz CT molecular complexity index is 564. The maximum Gasteiger partial charge on any atom is 0.193 e. The molecule has 0 radical (unpaired) electrons. The molecule has 0 saturated heterocycles. The second-order valence-corrected chi connectivity index (χ2v) is 5.60. The van der Waals surface area contributed by atoms with Crippen LogP contribution in [0.4, 0.5) is 0 Å². The summed E-state index contributed by atoms with van der Waals surface area (Å²) in [6, 6.07) is 17.2. The first-order chi connectivity index (χ1) is 9.74. The van der Waals surface area contributed by atoms with Crippen LogP contribution in [0, 0.1) is 0 Å². The molecule has 0 atom stereocenters. The van der Waals surface area contributed by atoms with Crippen LogP contribution in [-0.2, 0) is 0 Å². The molecule has 2 rings (SSSR count). The van der Waals surface area contributed by atoms with Gasteiger partial charge in [-0.05, 0) is 24.1 Å². The van der Waals surface area contributed by atoms with Gasteiger partial charge >= 0.3 is 0 Å². The van der Waals surface area contributed by atoms with Crippen molar-refractivity contribution in [2.75, 3.05) is 13.1 Å². The molecule has 0 bridgehead atoms. The average molecular weight is 285 g/mol. The Morgan fingerprint density at radius 3 is 2.25 bits per heavy atom. The maximum atomic E-state index is 12.4. The molecule has 0 aliphatic rings. The molecule has 0 heterocycles. The lowest BCUT2D eigenvalue weighted by molar-refractivity contribution is 0.103. The van der Waals surface area contributed by atoms with Gasteiger partial charge in [0.05, 0.1) is 0 Å². The van der Waals surface area contributed by atoms with E-state index in [0.29, 0.717) is 0 Å². The predicted octanol–water partition coefficient (Wildman–Crippen LogP) is 4.27. The Morgan fingerprint density at radius 2 is 1.60 bits per heavy atom. The lowest BCUT2D eigenvalue weighted by atomic mass is 10.0. The van der Waals surface area contributed by atoms with E-state index in [1.165, 1.54) is 0 Å². The Hall–Kier alpha value is -1.58. The van der Waals surface area contributed by atoms with Gasteiger partial charge in [0.25, 0.3) is 0 Å². The van der Waals surface area contributed by atoms with Crippen LogP contribution in [0.5, 0.6) is 0 Å². The van der Waals surface area contributed by atoms with Crippen molar-refractivity contribution in [3.63, 3.8) is 0 Å². The van der Waals surface area contributed by atoms with E-state index in [-0.39, 0.29) is 5.78 Å². The van der Waals surface area contributed by atoms with Crippen LogP contribution in [0.3, 0.4) is 0 Å². The number of hydrogen-bond donors (Lipinski definition) is 0. The molecule has 0 unspecified atom stereocenters. The Balaban J connectivity index is 2.19. The lowest BCUT2D eigenvalue weighted by Crippen LogP contribution is -2.13. The summed E-state index contributed by atoms with van der Waals surface area (Å²) in [6.45, 7) is 6.24. The van der Waals surface area contributed by atoms with E-state index in [4.69, 9.17) is 0 Å². The first-order valence-corrected chi connectivity index (χ1v) is 7.64. The van der Waals surface area contributed by atoms with E-state index in [1.54, 1.807) is 11.9 Å². The van der Waals surface area contributed by atoms with Crippen LogP contribution in [0.2, 0.25) is 0 Å². The molecule has 0 aromatic heterocycles. The minimum atomic E-state index is 0.0765. The topological polar surface area (TPSA) is 20.3 Å². The highest BCUT2D eigenvalue weighted by Gasteiger charge is 2.10. The van der Waals surface area contributed by atoms with Gasteiger partial charge in [-0.3, -0.25) is 4.79 Å². The largest absolute Gasteiger partial charge is 0.289 e. The van der Waals surface area contributed by atoms with Gasteiger partial charge < -0.3 is 0 Å². The fourth-order valence-electron chi connectivity index (χ4n) is 1.95. The summed E-state index contributed by atoms with van der Waals surface area (Å²) in [4.78, 5) is 13.5. The van der Waals surface area contributed by atoms with Crippen molar-refractivity contribution in [3.05, 3.63) is 65.7 Å². The van der Waals surface area contributed by atoms with Crippen molar-refractivity contribution in [2.24, 2.45) is 0 Å². The van der Waals surface area contributed by atoms with Gasteiger partial charge in [-0.25, -0.2) is 4.31 Å². The van der Waals surface area contributed by atoms with Crippen molar-refractivity contribution in [2.45, 2.75) is 18.7 Å². The zero-order valence-electron chi connectivity index (χ0n) is 11.9. The van der Waals surface area contributed by atoms with Crippen LogP contribution < -0.4 is 0 Å². The third kappa shape index (κ3) is 3.71. The van der Waals surface area contributed by atoms with Gasteiger partial charge in [0, 0.05) is 29.1 Å². The summed E-state index contributed by atoms with van der Waals surface area (Å²) < 4.78 is 2.26. The SMILES string of the molecule is CCN(CC)Sc1cccc(C(=O)c2ccccc2)c1. The van der Waals surface area contributed by atoms with E-state index in [0.717, 1.165) is 29.1 Å². The van der Waals surface area contributed by atoms with Gasteiger partial charge in [0.2, 0.25) is 0 Å². The van der Waals surface area contributed by atoms with Crippen LogP contribution in [0.25, 0.3) is 0 Å².